The minimum Gasteiger partial charge on any atom is -0.289 e. The lowest BCUT2D eigenvalue weighted by molar-refractivity contribution is 0.0979. The van der Waals surface area contributed by atoms with E-state index < -0.39 is 0 Å². The Morgan fingerprint density at radius 3 is 1.45 bits per heavy atom. The minimum atomic E-state index is -0.117. The number of ketones is 2. The smallest absolute Gasteiger partial charge is 0.194 e. The topological polar surface area (TPSA) is 34.1 Å². The third-order valence-electron chi connectivity index (χ3n) is 3.57. The van der Waals surface area contributed by atoms with Crippen LogP contribution in [0.2, 0.25) is 0 Å². The van der Waals surface area contributed by atoms with E-state index >= 15 is 0 Å². The molecule has 2 nitrogen and oxygen atoms in total. The molecule has 0 saturated heterocycles. The van der Waals surface area contributed by atoms with Gasteiger partial charge in [-0.3, -0.25) is 9.59 Å². The summed E-state index contributed by atoms with van der Waals surface area (Å²) in [5.74, 6) is -0.233. The summed E-state index contributed by atoms with van der Waals surface area (Å²) in [4.78, 5) is 25.0. The van der Waals surface area contributed by atoms with Crippen molar-refractivity contribution in [1.29, 1.82) is 0 Å². The molecular weight excluding hydrogens is 248 g/mol. The molecule has 0 saturated carbocycles. The van der Waals surface area contributed by atoms with Crippen LogP contribution in [0.5, 0.6) is 0 Å². The van der Waals surface area contributed by atoms with Gasteiger partial charge >= 0.3 is 0 Å². The van der Waals surface area contributed by atoms with Crippen molar-refractivity contribution >= 4 is 23.7 Å². The molecule has 0 aromatic heterocycles. The molecule has 2 aromatic carbocycles. The molecule has 0 unspecified atom stereocenters. The molecule has 0 fully saturated rings. The normalized spacial score (nSPS) is 12.6. The maximum Gasteiger partial charge on any atom is 0.194 e. The summed E-state index contributed by atoms with van der Waals surface area (Å²) in [5.41, 5.74) is 3.42. The number of hydrogen-bond donors (Lipinski definition) is 0. The van der Waals surface area contributed by atoms with E-state index in [2.05, 4.69) is 13.2 Å². The summed E-state index contributed by atoms with van der Waals surface area (Å²) < 4.78 is 0. The van der Waals surface area contributed by atoms with Crippen LogP contribution in [0.25, 0.3) is 12.2 Å². The van der Waals surface area contributed by atoms with Crippen molar-refractivity contribution in [2.45, 2.75) is 0 Å². The number of hydrogen-bond acceptors (Lipinski definition) is 2. The van der Waals surface area contributed by atoms with Gasteiger partial charge in [0.25, 0.3) is 0 Å². The van der Waals surface area contributed by atoms with Crippen LogP contribution in [0.3, 0.4) is 0 Å². The van der Waals surface area contributed by atoms with E-state index in [1.807, 2.05) is 0 Å². The van der Waals surface area contributed by atoms with Gasteiger partial charge in [0.1, 0.15) is 0 Å². The Bertz CT molecular complexity index is 716. The molecule has 0 amide bonds. The molecule has 3 rings (SSSR count). The molecule has 0 spiro atoms. The van der Waals surface area contributed by atoms with Crippen LogP contribution >= 0.6 is 0 Å². The molecule has 96 valence electrons. The zero-order valence-corrected chi connectivity index (χ0v) is 10.8. The van der Waals surface area contributed by atoms with Crippen LogP contribution < -0.4 is 0 Å². The number of benzene rings is 2. The van der Waals surface area contributed by atoms with Gasteiger partial charge in [0.15, 0.2) is 11.6 Å². The zero-order valence-electron chi connectivity index (χ0n) is 10.8. The molecule has 1 aliphatic rings. The number of carbonyl (C=O) groups is 2. The summed E-state index contributed by atoms with van der Waals surface area (Å²) in [6.45, 7) is 7.47. The van der Waals surface area contributed by atoms with Gasteiger partial charge in [0.2, 0.25) is 0 Å². The van der Waals surface area contributed by atoms with Gasteiger partial charge in [-0.05, 0) is 23.3 Å². The van der Waals surface area contributed by atoms with Gasteiger partial charge in [0.05, 0.1) is 0 Å². The Balaban J connectivity index is 2.33. The van der Waals surface area contributed by atoms with Gasteiger partial charge in [-0.2, -0.15) is 0 Å². The summed E-state index contributed by atoms with van der Waals surface area (Å²) >= 11 is 0. The van der Waals surface area contributed by atoms with Crippen LogP contribution in [0, 0.1) is 0 Å². The molecule has 0 atom stereocenters. The molecule has 0 heterocycles. The van der Waals surface area contributed by atoms with E-state index in [9.17, 15) is 9.59 Å². The Labute approximate surface area is 117 Å². The van der Waals surface area contributed by atoms with Crippen LogP contribution in [-0.2, 0) is 0 Å². The van der Waals surface area contributed by atoms with Crippen LogP contribution in [-0.4, -0.2) is 11.6 Å². The van der Waals surface area contributed by atoms with Crippen molar-refractivity contribution in [1.82, 2.24) is 0 Å². The minimum absolute atomic E-state index is 0.117. The molecule has 2 aromatic rings. The number of carbonyl (C=O) groups excluding carboxylic acids is 2. The Hall–Kier alpha value is -2.74. The SMILES string of the molecule is C=Cc1cc2c(cc1C=C)C(=O)c1ccccc1C2=O. The van der Waals surface area contributed by atoms with Crippen LogP contribution in [0.15, 0.2) is 49.6 Å². The van der Waals surface area contributed by atoms with Crippen molar-refractivity contribution < 1.29 is 9.59 Å². The fourth-order valence-electron chi connectivity index (χ4n) is 2.53. The van der Waals surface area contributed by atoms with Gasteiger partial charge < -0.3 is 0 Å². The Kier molecular flexibility index (Phi) is 2.72. The third-order valence-corrected chi connectivity index (χ3v) is 3.57. The second kappa shape index (κ2) is 4.42. The lowest BCUT2D eigenvalue weighted by atomic mass is 9.82. The quantitative estimate of drug-likeness (QED) is 0.703. The molecular formula is C18H12O2. The van der Waals surface area contributed by atoms with Crippen molar-refractivity contribution in [2.75, 3.05) is 0 Å². The van der Waals surface area contributed by atoms with Crippen LogP contribution in [0.1, 0.15) is 43.0 Å². The lowest BCUT2D eigenvalue weighted by Gasteiger charge is -2.18. The second-order valence-corrected chi connectivity index (χ2v) is 4.64. The lowest BCUT2D eigenvalue weighted by Crippen LogP contribution is -2.21. The van der Waals surface area contributed by atoms with E-state index in [-0.39, 0.29) is 11.6 Å². The van der Waals surface area contributed by atoms with E-state index in [4.69, 9.17) is 0 Å². The average Bonchev–Trinajstić information content (AvgIpc) is 2.51. The number of rotatable bonds is 2. The highest BCUT2D eigenvalue weighted by molar-refractivity contribution is 6.28. The Morgan fingerprint density at radius 1 is 0.700 bits per heavy atom. The summed E-state index contributed by atoms with van der Waals surface area (Å²) in [6, 6.07) is 10.3. The first-order valence-electron chi connectivity index (χ1n) is 6.28. The van der Waals surface area contributed by atoms with Crippen molar-refractivity contribution in [2.24, 2.45) is 0 Å². The standard InChI is InChI=1S/C18H12O2/c1-3-11-9-15-16(10-12(11)4-2)18(20)14-8-6-5-7-13(14)17(15)19/h3-10H,1-2H2. The van der Waals surface area contributed by atoms with E-state index in [0.717, 1.165) is 11.1 Å². The summed E-state index contributed by atoms with van der Waals surface area (Å²) in [5, 5.41) is 0. The van der Waals surface area contributed by atoms with E-state index in [1.54, 1.807) is 48.6 Å². The largest absolute Gasteiger partial charge is 0.289 e. The van der Waals surface area contributed by atoms with Crippen molar-refractivity contribution in [3.05, 3.63) is 82.9 Å². The molecule has 0 bridgehead atoms. The van der Waals surface area contributed by atoms with Crippen LogP contribution in [0.4, 0.5) is 0 Å². The highest BCUT2D eigenvalue weighted by Crippen LogP contribution is 2.30. The molecule has 0 N–H and O–H groups in total. The second-order valence-electron chi connectivity index (χ2n) is 4.64. The summed E-state index contributed by atoms with van der Waals surface area (Å²) in [7, 11) is 0. The molecule has 0 aliphatic heterocycles. The first-order chi connectivity index (χ1) is 9.67. The van der Waals surface area contributed by atoms with E-state index in [0.29, 0.717) is 22.3 Å². The maximum absolute atomic E-state index is 12.5. The first kappa shape index (κ1) is 12.3. The molecule has 0 radical (unpaired) electrons. The Morgan fingerprint density at radius 2 is 1.10 bits per heavy atom. The van der Waals surface area contributed by atoms with Gasteiger partial charge in [-0.1, -0.05) is 49.6 Å². The molecule has 1 aliphatic carbocycles. The fourth-order valence-corrected chi connectivity index (χ4v) is 2.53. The average molecular weight is 260 g/mol. The predicted octanol–water partition coefficient (Wildman–Crippen LogP) is 3.75. The summed E-state index contributed by atoms with van der Waals surface area (Å²) in [6.07, 6.45) is 3.32. The van der Waals surface area contributed by atoms with Gasteiger partial charge in [0, 0.05) is 22.3 Å². The molecule has 20 heavy (non-hydrogen) atoms. The maximum atomic E-state index is 12.5. The predicted molar refractivity (Wildman–Crippen MR) is 79.9 cm³/mol. The number of fused-ring (bicyclic) bond motifs is 2. The van der Waals surface area contributed by atoms with Gasteiger partial charge in [-0.15, -0.1) is 0 Å². The highest BCUT2D eigenvalue weighted by atomic mass is 16.1. The van der Waals surface area contributed by atoms with Crippen molar-refractivity contribution in [3.8, 4) is 0 Å². The van der Waals surface area contributed by atoms with Crippen molar-refractivity contribution in [3.63, 3.8) is 0 Å². The molecule has 2 heteroatoms. The van der Waals surface area contributed by atoms with E-state index in [1.165, 1.54) is 0 Å². The first-order valence-corrected chi connectivity index (χ1v) is 6.28. The highest BCUT2D eigenvalue weighted by Gasteiger charge is 2.29. The van der Waals surface area contributed by atoms with Gasteiger partial charge in [-0.25, -0.2) is 0 Å². The fraction of sp³-hybridized carbons (Fsp3) is 0. The monoisotopic (exact) mass is 260 g/mol. The third kappa shape index (κ3) is 1.58. The zero-order chi connectivity index (χ0) is 14.3.